The zero-order valence-electron chi connectivity index (χ0n) is 12.5. The van der Waals surface area contributed by atoms with E-state index in [0.717, 1.165) is 12.1 Å². The van der Waals surface area contributed by atoms with Gasteiger partial charge in [-0.2, -0.15) is 4.98 Å². The summed E-state index contributed by atoms with van der Waals surface area (Å²) in [5.74, 6) is -1.58. The van der Waals surface area contributed by atoms with Gasteiger partial charge >= 0.3 is 6.01 Å². The number of rotatable bonds is 6. The lowest BCUT2D eigenvalue weighted by molar-refractivity contribution is 0.0945. The van der Waals surface area contributed by atoms with E-state index in [1.54, 1.807) is 7.05 Å². The maximum atomic E-state index is 12.8. The van der Waals surface area contributed by atoms with Crippen molar-refractivity contribution in [3.8, 4) is 6.01 Å². The molecule has 1 amide bonds. The molecule has 0 saturated heterocycles. The SMILES string of the molecule is COc1nc(C(=O)NCCS(=O)(=O)c2ccc(F)cc2)nn1C. The fourth-order valence-electron chi connectivity index (χ4n) is 1.78. The minimum atomic E-state index is -3.61. The van der Waals surface area contributed by atoms with E-state index in [1.165, 1.54) is 23.9 Å². The van der Waals surface area contributed by atoms with E-state index < -0.39 is 21.6 Å². The Morgan fingerprint density at radius 2 is 2.00 bits per heavy atom. The summed E-state index contributed by atoms with van der Waals surface area (Å²) in [5, 5.41) is 6.26. The molecule has 10 heteroatoms. The van der Waals surface area contributed by atoms with Crippen LogP contribution in [0.25, 0.3) is 0 Å². The van der Waals surface area contributed by atoms with Crippen LogP contribution in [0.2, 0.25) is 0 Å². The number of carbonyl (C=O) groups is 1. The summed E-state index contributed by atoms with van der Waals surface area (Å²) >= 11 is 0. The molecule has 0 radical (unpaired) electrons. The molecule has 0 unspecified atom stereocenters. The molecule has 124 valence electrons. The van der Waals surface area contributed by atoms with Crippen molar-refractivity contribution in [2.75, 3.05) is 19.4 Å². The minimum absolute atomic E-state index is 0.00854. The van der Waals surface area contributed by atoms with E-state index in [9.17, 15) is 17.6 Å². The van der Waals surface area contributed by atoms with E-state index >= 15 is 0 Å². The molecule has 1 aromatic carbocycles. The number of amides is 1. The van der Waals surface area contributed by atoms with Crippen molar-refractivity contribution in [2.45, 2.75) is 4.90 Å². The van der Waals surface area contributed by atoms with Gasteiger partial charge in [0.2, 0.25) is 5.82 Å². The van der Waals surface area contributed by atoms with Crippen LogP contribution in [-0.4, -0.2) is 48.5 Å². The lowest BCUT2D eigenvalue weighted by atomic mass is 10.4. The second-order valence-corrected chi connectivity index (χ2v) is 6.68. The Kier molecular flexibility index (Phi) is 4.94. The highest BCUT2D eigenvalue weighted by Crippen LogP contribution is 2.11. The summed E-state index contributed by atoms with van der Waals surface area (Å²) in [6.07, 6.45) is 0. The summed E-state index contributed by atoms with van der Waals surface area (Å²) in [5.41, 5.74) is 0. The number of methoxy groups -OCH3 is 1. The van der Waals surface area contributed by atoms with Gasteiger partial charge in [0, 0.05) is 13.6 Å². The van der Waals surface area contributed by atoms with Crippen LogP contribution in [0.5, 0.6) is 6.01 Å². The van der Waals surface area contributed by atoms with E-state index in [0.29, 0.717) is 0 Å². The number of aryl methyl sites for hydroxylation is 1. The van der Waals surface area contributed by atoms with Gasteiger partial charge < -0.3 is 10.1 Å². The van der Waals surface area contributed by atoms with Crippen molar-refractivity contribution in [3.05, 3.63) is 35.9 Å². The second kappa shape index (κ2) is 6.73. The number of hydrogen-bond acceptors (Lipinski definition) is 6. The molecule has 1 heterocycles. The number of hydrogen-bond donors (Lipinski definition) is 1. The highest BCUT2D eigenvalue weighted by atomic mass is 32.2. The van der Waals surface area contributed by atoms with Gasteiger partial charge in [0.25, 0.3) is 5.91 Å². The standard InChI is InChI=1S/C13H15FN4O4S/c1-18-13(22-2)16-11(17-18)12(19)15-7-8-23(20,21)10-5-3-9(14)4-6-10/h3-6H,7-8H2,1-2H3,(H,15,19). The number of benzene rings is 1. The van der Waals surface area contributed by atoms with E-state index in [-0.39, 0.29) is 29.0 Å². The van der Waals surface area contributed by atoms with E-state index in [1.807, 2.05) is 0 Å². The molecule has 2 rings (SSSR count). The van der Waals surface area contributed by atoms with E-state index in [4.69, 9.17) is 4.74 Å². The molecule has 0 fully saturated rings. The Balaban J connectivity index is 1.95. The molecular weight excluding hydrogens is 327 g/mol. The molecule has 0 spiro atoms. The molecule has 1 aromatic heterocycles. The smallest absolute Gasteiger partial charge is 0.314 e. The molecule has 0 saturated carbocycles. The predicted molar refractivity (Wildman–Crippen MR) is 78.3 cm³/mol. The molecule has 8 nitrogen and oxygen atoms in total. The topological polar surface area (TPSA) is 103 Å². The molecule has 0 bridgehead atoms. The van der Waals surface area contributed by atoms with Gasteiger partial charge in [0.15, 0.2) is 9.84 Å². The fraction of sp³-hybridized carbons (Fsp3) is 0.308. The van der Waals surface area contributed by atoms with Gasteiger partial charge in [-0.25, -0.2) is 17.5 Å². The molecule has 2 aromatic rings. The zero-order chi connectivity index (χ0) is 17.0. The minimum Gasteiger partial charge on any atom is -0.467 e. The van der Waals surface area contributed by atoms with Crippen LogP contribution in [0.3, 0.4) is 0 Å². The van der Waals surface area contributed by atoms with Crippen molar-refractivity contribution in [3.63, 3.8) is 0 Å². The average molecular weight is 342 g/mol. The summed E-state index contributed by atoms with van der Waals surface area (Å²) in [6.45, 7) is -0.126. The molecule has 0 aliphatic rings. The van der Waals surface area contributed by atoms with Gasteiger partial charge in [-0.15, -0.1) is 5.10 Å². The molecule has 0 aliphatic heterocycles. The molecule has 23 heavy (non-hydrogen) atoms. The van der Waals surface area contributed by atoms with Crippen molar-refractivity contribution >= 4 is 15.7 Å². The lowest BCUT2D eigenvalue weighted by Gasteiger charge is -2.05. The number of nitrogens with zero attached hydrogens (tertiary/aromatic N) is 3. The van der Waals surface area contributed by atoms with Gasteiger partial charge in [-0.05, 0) is 24.3 Å². The number of nitrogens with one attached hydrogen (secondary N) is 1. The molecule has 0 aliphatic carbocycles. The number of carbonyl (C=O) groups excluding carboxylic acids is 1. The van der Waals surface area contributed by atoms with Gasteiger partial charge in [0.1, 0.15) is 5.82 Å². The summed E-state index contributed by atoms with van der Waals surface area (Å²) in [6, 6.07) is 4.65. The Labute approximate surface area is 132 Å². The first-order valence-electron chi connectivity index (χ1n) is 6.55. The number of aromatic nitrogens is 3. The Hall–Kier alpha value is -2.49. The second-order valence-electron chi connectivity index (χ2n) is 4.57. The zero-order valence-corrected chi connectivity index (χ0v) is 13.3. The normalized spacial score (nSPS) is 11.3. The largest absolute Gasteiger partial charge is 0.467 e. The lowest BCUT2D eigenvalue weighted by Crippen LogP contribution is -2.30. The molecule has 0 atom stereocenters. The number of sulfone groups is 1. The van der Waals surface area contributed by atoms with Gasteiger partial charge in [-0.3, -0.25) is 4.79 Å². The van der Waals surface area contributed by atoms with Crippen LogP contribution in [-0.2, 0) is 16.9 Å². The van der Waals surface area contributed by atoms with Crippen LogP contribution in [0.1, 0.15) is 10.6 Å². The quantitative estimate of drug-likeness (QED) is 0.751. The summed E-state index contributed by atoms with van der Waals surface area (Å²) < 4.78 is 43.0. The van der Waals surface area contributed by atoms with Crippen LogP contribution >= 0.6 is 0 Å². The van der Waals surface area contributed by atoms with Crippen LogP contribution in [0.4, 0.5) is 4.39 Å². The highest BCUT2D eigenvalue weighted by Gasteiger charge is 2.18. The van der Waals surface area contributed by atoms with Gasteiger partial charge in [0.05, 0.1) is 17.8 Å². The highest BCUT2D eigenvalue weighted by molar-refractivity contribution is 7.91. The van der Waals surface area contributed by atoms with Crippen LogP contribution in [0, 0.1) is 5.82 Å². The third kappa shape index (κ3) is 4.03. The summed E-state index contributed by atoms with van der Waals surface area (Å²) in [4.78, 5) is 15.7. The van der Waals surface area contributed by atoms with Crippen molar-refractivity contribution < 1.29 is 22.3 Å². The monoisotopic (exact) mass is 342 g/mol. The maximum Gasteiger partial charge on any atom is 0.314 e. The number of halogens is 1. The third-order valence-electron chi connectivity index (χ3n) is 2.94. The third-order valence-corrected chi connectivity index (χ3v) is 4.67. The first-order valence-corrected chi connectivity index (χ1v) is 8.20. The number of ether oxygens (including phenoxy) is 1. The summed E-state index contributed by atoms with van der Waals surface area (Å²) in [7, 11) is -0.668. The Morgan fingerprint density at radius 3 is 2.57 bits per heavy atom. The van der Waals surface area contributed by atoms with Crippen molar-refractivity contribution in [1.29, 1.82) is 0 Å². The molecule has 1 N–H and O–H groups in total. The van der Waals surface area contributed by atoms with Crippen molar-refractivity contribution in [2.24, 2.45) is 7.05 Å². The fourth-order valence-corrected chi connectivity index (χ4v) is 2.94. The van der Waals surface area contributed by atoms with Crippen LogP contribution < -0.4 is 10.1 Å². The predicted octanol–water partition coefficient (Wildman–Crippen LogP) is 0.166. The average Bonchev–Trinajstić information content (AvgIpc) is 2.88. The maximum absolute atomic E-state index is 12.8. The van der Waals surface area contributed by atoms with E-state index in [2.05, 4.69) is 15.4 Å². The van der Waals surface area contributed by atoms with Crippen molar-refractivity contribution in [1.82, 2.24) is 20.1 Å². The first-order chi connectivity index (χ1) is 10.8. The molecular formula is C13H15FN4O4S. The van der Waals surface area contributed by atoms with Gasteiger partial charge in [-0.1, -0.05) is 0 Å². The van der Waals surface area contributed by atoms with Crippen LogP contribution in [0.15, 0.2) is 29.2 Å². The Morgan fingerprint density at radius 1 is 1.35 bits per heavy atom. The Bertz CT molecular complexity index is 802. The first kappa shape index (κ1) is 16.9.